The van der Waals surface area contributed by atoms with Crippen LogP contribution in [0.1, 0.15) is 44.5 Å². The molecular formula is C15H26N2O. The van der Waals surface area contributed by atoms with E-state index in [0.717, 1.165) is 50.3 Å². The summed E-state index contributed by atoms with van der Waals surface area (Å²) in [6, 6.07) is 6.17. The maximum Gasteiger partial charge on any atom is 0.0547 e. The van der Waals surface area contributed by atoms with E-state index in [2.05, 4.69) is 28.9 Å². The largest absolute Gasteiger partial charge is 0.393 e. The Morgan fingerprint density at radius 3 is 2.72 bits per heavy atom. The van der Waals surface area contributed by atoms with Gasteiger partial charge in [-0.2, -0.15) is 0 Å². The van der Waals surface area contributed by atoms with Crippen LogP contribution in [0.5, 0.6) is 0 Å². The molecule has 0 fully saturated rings. The molecule has 1 atom stereocenters. The molecule has 0 aliphatic heterocycles. The fourth-order valence-electron chi connectivity index (χ4n) is 2.02. The van der Waals surface area contributed by atoms with Crippen molar-refractivity contribution < 1.29 is 5.11 Å². The predicted octanol–water partition coefficient (Wildman–Crippen LogP) is 2.76. The number of rotatable bonds is 8. The summed E-state index contributed by atoms with van der Waals surface area (Å²) in [4.78, 5) is 6.91. The molecule has 1 unspecified atom stereocenters. The number of pyridine rings is 1. The molecule has 3 nitrogen and oxygen atoms in total. The Morgan fingerprint density at radius 2 is 2.11 bits per heavy atom. The Labute approximate surface area is 111 Å². The minimum atomic E-state index is -0.138. The van der Waals surface area contributed by atoms with Crippen LogP contribution >= 0.6 is 0 Å². The molecule has 1 aromatic heterocycles. The third kappa shape index (κ3) is 5.61. The van der Waals surface area contributed by atoms with Gasteiger partial charge in [-0.3, -0.25) is 9.88 Å². The summed E-state index contributed by atoms with van der Waals surface area (Å²) in [5, 5.41) is 9.54. The fraction of sp³-hybridized carbons (Fsp3) is 0.667. The van der Waals surface area contributed by atoms with Gasteiger partial charge in [0, 0.05) is 12.2 Å². The Bertz CT molecular complexity index is 341. The van der Waals surface area contributed by atoms with Crippen LogP contribution in [-0.4, -0.2) is 34.2 Å². The highest BCUT2D eigenvalue weighted by molar-refractivity contribution is 5.09. The van der Waals surface area contributed by atoms with Crippen LogP contribution in [0, 0.1) is 6.92 Å². The van der Waals surface area contributed by atoms with E-state index in [4.69, 9.17) is 0 Å². The minimum Gasteiger partial charge on any atom is -0.393 e. The summed E-state index contributed by atoms with van der Waals surface area (Å²) in [7, 11) is 0. The average molecular weight is 250 g/mol. The van der Waals surface area contributed by atoms with Crippen molar-refractivity contribution in [1.82, 2.24) is 9.88 Å². The van der Waals surface area contributed by atoms with Gasteiger partial charge in [0.1, 0.15) is 0 Å². The van der Waals surface area contributed by atoms with E-state index in [9.17, 15) is 5.11 Å². The molecule has 0 aromatic carbocycles. The molecule has 0 aliphatic carbocycles. The van der Waals surface area contributed by atoms with Gasteiger partial charge < -0.3 is 5.11 Å². The van der Waals surface area contributed by atoms with E-state index >= 15 is 0 Å². The zero-order valence-corrected chi connectivity index (χ0v) is 11.9. The normalized spacial score (nSPS) is 12.9. The molecule has 0 amide bonds. The van der Waals surface area contributed by atoms with Gasteiger partial charge in [0.25, 0.3) is 0 Å². The summed E-state index contributed by atoms with van der Waals surface area (Å²) in [5.74, 6) is 0. The molecule has 0 radical (unpaired) electrons. The van der Waals surface area contributed by atoms with Gasteiger partial charge in [-0.05, 0) is 51.4 Å². The summed E-state index contributed by atoms with van der Waals surface area (Å²) < 4.78 is 0. The average Bonchev–Trinajstić information content (AvgIpc) is 2.37. The molecule has 1 aromatic rings. The Kier molecular flexibility index (Phi) is 6.91. The molecule has 0 bridgehead atoms. The SMILES string of the molecule is CCC(O)CCCN(CC)Cc1cccc(C)n1. The number of hydrogen-bond acceptors (Lipinski definition) is 3. The lowest BCUT2D eigenvalue weighted by molar-refractivity contribution is 0.149. The Balaban J connectivity index is 2.37. The van der Waals surface area contributed by atoms with Crippen molar-refractivity contribution in [3.63, 3.8) is 0 Å². The number of aliphatic hydroxyl groups is 1. The second-order valence-electron chi connectivity index (χ2n) is 4.84. The quantitative estimate of drug-likeness (QED) is 0.770. The number of hydrogen-bond donors (Lipinski definition) is 1. The molecule has 0 saturated heterocycles. The Hall–Kier alpha value is -0.930. The van der Waals surface area contributed by atoms with Gasteiger partial charge in [-0.15, -0.1) is 0 Å². The first kappa shape index (κ1) is 15.1. The number of nitrogens with zero attached hydrogens (tertiary/aromatic N) is 2. The van der Waals surface area contributed by atoms with Gasteiger partial charge in [0.15, 0.2) is 0 Å². The van der Waals surface area contributed by atoms with E-state index < -0.39 is 0 Å². The van der Waals surface area contributed by atoms with Crippen molar-refractivity contribution in [2.75, 3.05) is 13.1 Å². The zero-order chi connectivity index (χ0) is 13.4. The van der Waals surface area contributed by atoms with Gasteiger partial charge in [-0.25, -0.2) is 0 Å². The highest BCUT2D eigenvalue weighted by Gasteiger charge is 2.06. The van der Waals surface area contributed by atoms with E-state index in [-0.39, 0.29) is 6.10 Å². The van der Waals surface area contributed by atoms with Crippen LogP contribution in [0.3, 0.4) is 0 Å². The van der Waals surface area contributed by atoms with E-state index in [1.165, 1.54) is 0 Å². The van der Waals surface area contributed by atoms with Gasteiger partial charge >= 0.3 is 0 Å². The van der Waals surface area contributed by atoms with Crippen molar-refractivity contribution >= 4 is 0 Å². The maximum atomic E-state index is 9.54. The molecule has 0 saturated carbocycles. The molecular weight excluding hydrogens is 224 g/mol. The zero-order valence-electron chi connectivity index (χ0n) is 11.9. The second kappa shape index (κ2) is 8.22. The maximum absolute atomic E-state index is 9.54. The molecule has 3 heteroatoms. The third-order valence-electron chi connectivity index (χ3n) is 3.26. The summed E-state index contributed by atoms with van der Waals surface area (Å²) in [5.41, 5.74) is 2.21. The molecule has 1 heterocycles. The first-order valence-electron chi connectivity index (χ1n) is 6.98. The Morgan fingerprint density at radius 1 is 1.33 bits per heavy atom. The van der Waals surface area contributed by atoms with Gasteiger partial charge in [0.2, 0.25) is 0 Å². The monoisotopic (exact) mass is 250 g/mol. The second-order valence-corrected chi connectivity index (χ2v) is 4.84. The van der Waals surface area contributed by atoms with Crippen LogP contribution in [0.25, 0.3) is 0 Å². The summed E-state index contributed by atoms with van der Waals surface area (Å²) >= 11 is 0. The smallest absolute Gasteiger partial charge is 0.0547 e. The fourth-order valence-corrected chi connectivity index (χ4v) is 2.02. The number of aliphatic hydroxyl groups excluding tert-OH is 1. The van der Waals surface area contributed by atoms with Crippen molar-refractivity contribution in [2.24, 2.45) is 0 Å². The highest BCUT2D eigenvalue weighted by Crippen LogP contribution is 2.07. The third-order valence-corrected chi connectivity index (χ3v) is 3.26. The molecule has 102 valence electrons. The topological polar surface area (TPSA) is 36.4 Å². The first-order chi connectivity index (χ1) is 8.65. The predicted molar refractivity (Wildman–Crippen MR) is 75.5 cm³/mol. The lowest BCUT2D eigenvalue weighted by atomic mass is 10.1. The van der Waals surface area contributed by atoms with Crippen molar-refractivity contribution in [1.29, 1.82) is 0 Å². The highest BCUT2D eigenvalue weighted by atomic mass is 16.3. The van der Waals surface area contributed by atoms with Crippen molar-refractivity contribution in [3.8, 4) is 0 Å². The van der Waals surface area contributed by atoms with Crippen molar-refractivity contribution in [3.05, 3.63) is 29.6 Å². The van der Waals surface area contributed by atoms with Crippen LogP contribution in [-0.2, 0) is 6.54 Å². The van der Waals surface area contributed by atoms with E-state index in [1.54, 1.807) is 0 Å². The van der Waals surface area contributed by atoms with Gasteiger partial charge in [0.05, 0.1) is 11.8 Å². The summed E-state index contributed by atoms with van der Waals surface area (Å²) in [6.45, 7) is 9.18. The van der Waals surface area contributed by atoms with E-state index in [1.807, 2.05) is 19.9 Å². The van der Waals surface area contributed by atoms with Crippen LogP contribution in [0.2, 0.25) is 0 Å². The van der Waals surface area contributed by atoms with Gasteiger partial charge in [-0.1, -0.05) is 19.9 Å². The molecule has 0 spiro atoms. The van der Waals surface area contributed by atoms with Crippen LogP contribution < -0.4 is 0 Å². The molecule has 18 heavy (non-hydrogen) atoms. The van der Waals surface area contributed by atoms with Crippen LogP contribution in [0.15, 0.2) is 18.2 Å². The standard InChI is InChI=1S/C15H26N2O/c1-4-15(18)10-7-11-17(5-2)12-14-9-6-8-13(3)16-14/h6,8-9,15,18H,4-5,7,10-12H2,1-3H3. The number of aromatic nitrogens is 1. The number of aryl methyl sites for hydroxylation is 1. The van der Waals surface area contributed by atoms with Crippen molar-refractivity contribution in [2.45, 2.75) is 52.7 Å². The van der Waals surface area contributed by atoms with Crippen LogP contribution in [0.4, 0.5) is 0 Å². The van der Waals surface area contributed by atoms with E-state index in [0.29, 0.717) is 0 Å². The lowest BCUT2D eigenvalue weighted by Gasteiger charge is -2.20. The first-order valence-corrected chi connectivity index (χ1v) is 6.98. The lowest BCUT2D eigenvalue weighted by Crippen LogP contribution is -2.25. The minimum absolute atomic E-state index is 0.138. The summed E-state index contributed by atoms with van der Waals surface area (Å²) in [6.07, 6.45) is 2.66. The molecule has 1 N–H and O–H groups in total. The molecule has 1 rings (SSSR count). The molecule has 0 aliphatic rings.